The van der Waals surface area contributed by atoms with Crippen molar-refractivity contribution in [1.82, 2.24) is 15.0 Å². The normalized spacial score (nSPS) is 11.8. The molecule has 4 heterocycles. The van der Waals surface area contributed by atoms with Crippen molar-refractivity contribution in [2.24, 2.45) is 0 Å². The molecule has 0 bridgehead atoms. The SMILES string of the molecule is c1cnc2c(c1)[nH]c1oc3ncccc3c12. The van der Waals surface area contributed by atoms with Gasteiger partial charge in [-0.05, 0) is 24.3 Å². The molecule has 0 radical (unpaired) electrons. The van der Waals surface area contributed by atoms with Gasteiger partial charge in [0.05, 0.1) is 21.8 Å². The molecule has 0 saturated heterocycles. The Balaban J connectivity index is 2.38. The number of hydrogen-bond donors (Lipinski definition) is 1. The second kappa shape index (κ2) is 2.61. The van der Waals surface area contributed by atoms with Crippen molar-refractivity contribution < 1.29 is 4.42 Å². The minimum atomic E-state index is 0.649. The van der Waals surface area contributed by atoms with Crippen LogP contribution in [0.5, 0.6) is 0 Å². The minimum Gasteiger partial charge on any atom is -0.421 e. The smallest absolute Gasteiger partial charge is 0.229 e. The molecule has 0 aliphatic rings. The fourth-order valence-corrected chi connectivity index (χ4v) is 2.08. The second-order valence-electron chi connectivity index (χ2n) is 3.69. The number of furan rings is 1. The predicted molar refractivity (Wildman–Crippen MR) is 61.2 cm³/mol. The van der Waals surface area contributed by atoms with Crippen LogP contribution in [-0.2, 0) is 0 Å². The molecule has 0 atom stereocenters. The molecular formula is C12H7N3O. The van der Waals surface area contributed by atoms with E-state index in [-0.39, 0.29) is 0 Å². The van der Waals surface area contributed by atoms with E-state index in [4.69, 9.17) is 4.42 Å². The highest BCUT2D eigenvalue weighted by Crippen LogP contribution is 2.31. The molecule has 0 spiro atoms. The molecule has 0 aliphatic heterocycles. The van der Waals surface area contributed by atoms with E-state index in [1.54, 1.807) is 12.4 Å². The van der Waals surface area contributed by atoms with Crippen LogP contribution in [0.4, 0.5) is 0 Å². The minimum absolute atomic E-state index is 0.649. The molecule has 0 aromatic carbocycles. The van der Waals surface area contributed by atoms with Crippen molar-refractivity contribution in [2.75, 3.05) is 0 Å². The van der Waals surface area contributed by atoms with Gasteiger partial charge in [0.15, 0.2) is 0 Å². The summed E-state index contributed by atoms with van der Waals surface area (Å²) in [6, 6.07) is 7.79. The van der Waals surface area contributed by atoms with E-state index in [2.05, 4.69) is 15.0 Å². The Kier molecular flexibility index (Phi) is 1.28. The molecule has 0 aliphatic carbocycles. The summed E-state index contributed by atoms with van der Waals surface area (Å²) in [5.41, 5.74) is 3.31. The Morgan fingerprint density at radius 2 is 1.94 bits per heavy atom. The zero-order chi connectivity index (χ0) is 10.5. The molecule has 76 valence electrons. The van der Waals surface area contributed by atoms with Crippen molar-refractivity contribution in [3.63, 3.8) is 0 Å². The van der Waals surface area contributed by atoms with Crippen molar-refractivity contribution in [3.8, 4) is 0 Å². The van der Waals surface area contributed by atoms with Gasteiger partial charge in [-0.1, -0.05) is 0 Å². The number of nitrogens with one attached hydrogen (secondary N) is 1. The molecule has 4 heteroatoms. The fourth-order valence-electron chi connectivity index (χ4n) is 2.08. The van der Waals surface area contributed by atoms with E-state index in [1.807, 2.05) is 24.3 Å². The number of nitrogens with zero attached hydrogens (tertiary/aromatic N) is 2. The van der Waals surface area contributed by atoms with Gasteiger partial charge < -0.3 is 9.40 Å². The number of hydrogen-bond acceptors (Lipinski definition) is 3. The van der Waals surface area contributed by atoms with Crippen LogP contribution >= 0.6 is 0 Å². The Morgan fingerprint density at radius 3 is 2.94 bits per heavy atom. The Bertz CT molecular complexity index is 747. The summed E-state index contributed by atoms with van der Waals surface area (Å²) in [6.45, 7) is 0. The Hall–Kier alpha value is -2.36. The van der Waals surface area contributed by atoms with Crippen molar-refractivity contribution in [2.45, 2.75) is 0 Å². The molecule has 0 amide bonds. The number of aromatic amines is 1. The van der Waals surface area contributed by atoms with Crippen LogP contribution in [0.15, 0.2) is 41.1 Å². The topological polar surface area (TPSA) is 54.7 Å². The number of pyridine rings is 2. The first-order valence-corrected chi connectivity index (χ1v) is 5.03. The average Bonchev–Trinajstić information content (AvgIpc) is 2.83. The first kappa shape index (κ1) is 7.87. The molecule has 1 N–H and O–H groups in total. The quantitative estimate of drug-likeness (QED) is 0.484. The van der Waals surface area contributed by atoms with Gasteiger partial charge in [0.1, 0.15) is 0 Å². The third kappa shape index (κ3) is 0.839. The van der Waals surface area contributed by atoms with Crippen LogP contribution in [0.3, 0.4) is 0 Å². The van der Waals surface area contributed by atoms with Crippen LogP contribution in [0.1, 0.15) is 0 Å². The van der Waals surface area contributed by atoms with Crippen molar-refractivity contribution >= 4 is 33.2 Å². The summed E-state index contributed by atoms with van der Waals surface area (Å²) in [5.74, 6) is 0. The molecule has 4 aromatic rings. The van der Waals surface area contributed by atoms with Crippen molar-refractivity contribution in [3.05, 3.63) is 36.7 Å². The van der Waals surface area contributed by atoms with Crippen molar-refractivity contribution in [1.29, 1.82) is 0 Å². The van der Waals surface area contributed by atoms with Gasteiger partial charge in [0.2, 0.25) is 11.4 Å². The highest BCUT2D eigenvalue weighted by Gasteiger charge is 2.13. The number of fused-ring (bicyclic) bond motifs is 5. The maximum Gasteiger partial charge on any atom is 0.229 e. The predicted octanol–water partition coefficient (Wildman–Crippen LogP) is 2.86. The summed E-state index contributed by atoms with van der Waals surface area (Å²) in [7, 11) is 0. The first-order chi connectivity index (χ1) is 7.93. The van der Waals surface area contributed by atoms with Crippen LogP contribution in [0.2, 0.25) is 0 Å². The summed E-state index contributed by atoms with van der Waals surface area (Å²) < 4.78 is 5.63. The molecule has 4 nitrogen and oxygen atoms in total. The van der Waals surface area contributed by atoms with E-state index in [0.717, 1.165) is 27.5 Å². The lowest BCUT2D eigenvalue weighted by atomic mass is 10.2. The number of H-pyrrole nitrogens is 1. The summed E-state index contributed by atoms with van der Waals surface area (Å²) in [4.78, 5) is 11.8. The maximum atomic E-state index is 5.63. The van der Waals surface area contributed by atoms with Gasteiger partial charge in [-0.15, -0.1) is 0 Å². The van der Waals surface area contributed by atoms with E-state index in [0.29, 0.717) is 5.71 Å². The van der Waals surface area contributed by atoms with E-state index in [9.17, 15) is 0 Å². The Morgan fingerprint density at radius 1 is 1.06 bits per heavy atom. The lowest BCUT2D eigenvalue weighted by Gasteiger charge is -1.88. The molecule has 4 rings (SSSR count). The van der Waals surface area contributed by atoms with E-state index in [1.165, 1.54) is 0 Å². The Labute approximate surface area is 89.9 Å². The van der Waals surface area contributed by atoms with Crippen LogP contribution in [0.25, 0.3) is 33.2 Å². The number of rotatable bonds is 0. The summed E-state index contributed by atoms with van der Waals surface area (Å²) >= 11 is 0. The van der Waals surface area contributed by atoms with E-state index < -0.39 is 0 Å². The summed E-state index contributed by atoms with van der Waals surface area (Å²) in [6.07, 6.45) is 3.51. The molecule has 0 unspecified atom stereocenters. The molecular weight excluding hydrogens is 202 g/mol. The van der Waals surface area contributed by atoms with Gasteiger partial charge in [0.25, 0.3) is 0 Å². The largest absolute Gasteiger partial charge is 0.421 e. The van der Waals surface area contributed by atoms with E-state index >= 15 is 0 Å². The lowest BCUT2D eigenvalue weighted by molar-refractivity contribution is 0.643. The highest BCUT2D eigenvalue weighted by molar-refractivity contribution is 6.16. The zero-order valence-electron chi connectivity index (χ0n) is 8.27. The molecule has 16 heavy (non-hydrogen) atoms. The zero-order valence-corrected chi connectivity index (χ0v) is 8.27. The third-order valence-electron chi connectivity index (χ3n) is 2.76. The van der Waals surface area contributed by atoms with Crippen LogP contribution in [0, 0.1) is 0 Å². The van der Waals surface area contributed by atoms with Gasteiger partial charge in [-0.2, -0.15) is 0 Å². The molecule has 0 saturated carbocycles. The van der Waals surface area contributed by atoms with Gasteiger partial charge in [-0.25, -0.2) is 4.98 Å². The standard InChI is InChI=1S/C12H7N3O/c1-3-7-9-10-8(4-2-5-13-10)15-12(9)16-11(7)14-6-1/h1-6,15H. The molecule has 4 aromatic heterocycles. The van der Waals surface area contributed by atoms with Gasteiger partial charge in [-0.3, -0.25) is 4.98 Å². The second-order valence-corrected chi connectivity index (χ2v) is 3.69. The average molecular weight is 209 g/mol. The monoisotopic (exact) mass is 209 g/mol. The third-order valence-corrected chi connectivity index (χ3v) is 2.76. The summed E-state index contributed by atoms with van der Waals surface area (Å²) in [5, 5.41) is 2.01. The lowest BCUT2D eigenvalue weighted by Crippen LogP contribution is -1.74. The van der Waals surface area contributed by atoms with Crippen LogP contribution in [-0.4, -0.2) is 15.0 Å². The van der Waals surface area contributed by atoms with Crippen LogP contribution < -0.4 is 0 Å². The number of aromatic nitrogens is 3. The highest BCUT2D eigenvalue weighted by atomic mass is 16.3. The first-order valence-electron chi connectivity index (χ1n) is 5.03. The van der Waals surface area contributed by atoms with Gasteiger partial charge in [0, 0.05) is 12.4 Å². The van der Waals surface area contributed by atoms with Gasteiger partial charge >= 0.3 is 0 Å². The molecule has 0 fully saturated rings. The maximum absolute atomic E-state index is 5.63. The fraction of sp³-hybridized carbons (Fsp3) is 0.